The molecular weight excluding hydrogens is 1200 g/mol. The van der Waals surface area contributed by atoms with Crippen molar-refractivity contribution in [1.82, 2.24) is 0 Å². The molecule has 11 rings (SSSR count). The number of rotatable bonds is 5. The predicted octanol–water partition coefficient (Wildman–Crippen LogP) is 2.65. The van der Waals surface area contributed by atoms with Gasteiger partial charge in [0.2, 0.25) is 34.5 Å². The van der Waals surface area contributed by atoms with Crippen molar-refractivity contribution in [1.29, 1.82) is 0 Å². The molecule has 0 spiro atoms. The summed E-state index contributed by atoms with van der Waals surface area (Å²) in [7, 11) is 0. The molecular formula is C55H34O34. The number of cyclic esters (lactones) is 4. The van der Waals surface area contributed by atoms with Crippen molar-refractivity contribution in [2.75, 3.05) is 6.61 Å². The highest BCUT2D eigenvalue weighted by Crippen LogP contribution is 2.57. The van der Waals surface area contributed by atoms with Crippen LogP contribution in [-0.2, 0) is 23.7 Å². The van der Waals surface area contributed by atoms with Gasteiger partial charge in [-0.15, -0.1) is 0 Å². The average Bonchev–Trinajstić information content (AvgIpc) is 0.849. The number of ether oxygens (including phenoxy) is 5. The quantitative estimate of drug-likeness (QED) is 0.0387. The zero-order valence-electron chi connectivity index (χ0n) is 43.3. The molecule has 89 heavy (non-hydrogen) atoms. The first-order valence-corrected chi connectivity index (χ1v) is 24.6. The second-order valence-corrected chi connectivity index (χ2v) is 19.5. The van der Waals surface area contributed by atoms with Gasteiger partial charge in [0, 0.05) is 38.6 Å². The van der Waals surface area contributed by atoms with Gasteiger partial charge in [0.05, 0.1) is 38.6 Å². The molecule has 9 aromatic rings. The van der Waals surface area contributed by atoms with Crippen LogP contribution >= 0.6 is 0 Å². The highest BCUT2D eigenvalue weighted by atomic mass is 16.6. The molecule has 5 atom stereocenters. The number of hydrogen-bond acceptors (Lipinski definition) is 34. The number of phenolic OH excluding ortho intramolecular Hbond substituents is 19. The standard InChI is InChI=1S/C55H34O34/c56-15-1-9(2-16(57)31(15)63)49(76)84-22-8-83-50(77)10-3-17(58)32(64)37(69)23(10)24-11(4-18(59)33(65)38(24)70)51(78)85-44(22)48-47(88-52(79)12-5-19(60)34(66)39(71)25(12)26-13(53(80)89-48)6-20(61)35(67)40(26)72)42(74)30-29-28-27-14(54(81)86-46(28)43(75)41(30)73)7-21(62)36(68)45(27)87-55(29)82/h1-7,22,42,44,47-48,56-75H,8H2/t22?,42-,44?,47+,48+/m1/s1. The lowest BCUT2D eigenvalue weighted by Crippen LogP contribution is -2.55. The third-order valence-corrected chi connectivity index (χ3v) is 14.4. The number of aromatic hydroxyl groups is 19. The van der Waals surface area contributed by atoms with E-state index in [0.717, 1.165) is 0 Å². The fourth-order valence-corrected chi connectivity index (χ4v) is 10.3. The molecule has 34 heteroatoms. The molecule has 0 saturated heterocycles. The molecule has 458 valence electrons. The molecule has 0 aliphatic carbocycles. The van der Waals surface area contributed by atoms with Crippen LogP contribution in [0.5, 0.6) is 109 Å². The monoisotopic (exact) mass is 1240 g/mol. The van der Waals surface area contributed by atoms with E-state index in [2.05, 4.69) is 0 Å². The molecule has 4 heterocycles. The van der Waals surface area contributed by atoms with Crippen LogP contribution in [0.2, 0.25) is 0 Å². The molecule has 0 fully saturated rings. The van der Waals surface area contributed by atoms with Gasteiger partial charge in [0.1, 0.15) is 12.7 Å². The summed E-state index contributed by atoms with van der Waals surface area (Å²) in [6.45, 7) is -1.77. The predicted molar refractivity (Wildman–Crippen MR) is 281 cm³/mol. The Bertz CT molecular complexity index is 4800. The van der Waals surface area contributed by atoms with Gasteiger partial charge in [-0.1, -0.05) is 0 Å². The van der Waals surface area contributed by atoms with Gasteiger partial charge >= 0.3 is 41.1 Å². The Kier molecular flexibility index (Phi) is 13.0. The van der Waals surface area contributed by atoms with Crippen LogP contribution in [0.3, 0.4) is 0 Å². The summed E-state index contributed by atoms with van der Waals surface area (Å²) in [5.41, 5.74) is -18.8. The fraction of sp³-hybridized carbons (Fsp3) is 0.109. The maximum Gasteiger partial charge on any atom is 0.344 e. The number of aliphatic hydroxyl groups is 1. The smallest absolute Gasteiger partial charge is 0.344 e. The van der Waals surface area contributed by atoms with Gasteiger partial charge in [-0.2, -0.15) is 0 Å². The maximum atomic E-state index is 15.3. The van der Waals surface area contributed by atoms with E-state index in [-0.39, 0.29) is 18.2 Å². The molecule has 34 nitrogen and oxygen atoms in total. The third-order valence-electron chi connectivity index (χ3n) is 14.4. The summed E-state index contributed by atoms with van der Waals surface area (Å²) >= 11 is 0. The molecule has 20 N–H and O–H groups in total. The summed E-state index contributed by atoms with van der Waals surface area (Å²) in [4.78, 5) is 102. The van der Waals surface area contributed by atoms with E-state index in [0.29, 0.717) is 24.3 Å². The van der Waals surface area contributed by atoms with Crippen molar-refractivity contribution in [3.05, 3.63) is 96.7 Å². The summed E-state index contributed by atoms with van der Waals surface area (Å²) < 4.78 is 38.9. The third kappa shape index (κ3) is 8.56. The first kappa shape index (κ1) is 57.8. The highest BCUT2D eigenvalue weighted by molar-refractivity contribution is 6.23. The van der Waals surface area contributed by atoms with E-state index in [9.17, 15) is 121 Å². The zero-order valence-corrected chi connectivity index (χ0v) is 43.3. The molecule has 7 aromatic carbocycles. The first-order valence-electron chi connectivity index (χ1n) is 24.6. The number of esters is 5. The Hall–Kier alpha value is -13.0. The number of carbonyl (C=O) groups excluding carboxylic acids is 5. The average molecular weight is 1240 g/mol. The Balaban J connectivity index is 1.26. The first-order chi connectivity index (χ1) is 41.9. The Labute approximate surface area is 485 Å². The second kappa shape index (κ2) is 20.1. The van der Waals surface area contributed by atoms with Gasteiger partial charge in [0.25, 0.3) is 0 Å². The topological polar surface area (TPSA) is 597 Å². The van der Waals surface area contributed by atoms with Crippen LogP contribution in [-0.4, -0.2) is 163 Å². The van der Waals surface area contributed by atoms with Crippen molar-refractivity contribution in [2.24, 2.45) is 0 Å². The van der Waals surface area contributed by atoms with E-state index in [1.807, 2.05) is 0 Å². The van der Waals surface area contributed by atoms with Gasteiger partial charge in [-0.3, -0.25) is 0 Å². The number of carbonyl (C=O) groups is 5. The molecule has 2 aliphatic heterocycles. The van der Waals surface area contributed by atoms with Crippen LogP contribution in [0.25, 0.3) is 55.0 Å². The van der Waals surface area contributed by atoms with Crippen LogP contribution in [0.15, 0.2) is 60.9 Å². The van der Waals surface area contributed by atoms with Crippen molar-refractivity contribution < 1.29 is 159 Å². The van der Waals surface area contributed by atoms with Crippen molar-refractivity contribution in [3.63, 3.8) is 0 Å². The van der Waals surface area contributed by atoms with Crippen molar-refractivity contribution in [2.45, 2.75) is 30.5 Å². The van der Waals surface area contributed by atoms with E-state index in [1.54, 1.807) is 0 Å². The summed E-state index contributed by atoms with van der Waals surface area (Å²) in [6, 6.07) is 2.31. The molecule has 0 amide bonds. The Morgan fingerprint density at radius 3 is 1.27 bits per heavy atom. The molecule has 2 aromatic heterocycles. The molecule has 0 bridgehead atoms. The van der Waals surface area contributed by atoms with Gasteiger partial charge in [-0.25, -0.2) is 33.6 Å². The SMILES string of the molecule is O=C(OC1COC(=O)c2cc(O)c(O)c(O)c2-c2c(cc(O)c(O)c2O)C(=O)OC1[C@@H]1OC(=O)c2cc(O)c(O)c(O)c2-c2c(cc(O)c(O)c2O)C(=O)O[C@H]1[C@H](O)c1c(O)c(O)c2oc(=O)c3cc(O)c(O)c4oc(=O)c1c2c43)c1cc(O)c(O)c(O)c1. The van der Waals surface area contributed by atoms with Crippen molar-refractivity contribution in [3.8, 4) is 131 Å². The van der Waals surface area contributed by atoms with Gasteiger partial charge < -0.3 is 135 Å². The minimum absolute atomic E-state index is 0.204. The number of phenols is 19. The van der Waals surface area contributed by atoms with Crippen LogP contribution in [0.1, 0.15) is 63.5 Å². The zero-order chi connectivity index (χ0) is 64.7. The van der Waals surface area contributed by atoms with Crippen LogP contribution in [0.4, 0.5) is 0 Å². The Morgan fingerprint density at radius 2 is 0.798 bits per heavy atom. The van der Waals surface area contributed by atoms with Crippen LogP contribution < -0.4 is 11.3 Å². The lowest BCUT2D eigenvalue weighted by Gasteiger charge is -2.38. The lowest BCUT2D eigenvalue weighted by molar-refractivity contribution is -0.151. The second-order valence-electron chi connectivity index (χ2n) is 19.5. The molecule has 2 unspecified atom stereocenters. The van der Waals surface area contributed by atoms with Gasteiger partial charge in [0.15, 0.2) is 110 Å². The number of fused-ring (bicyclic) bond motifs is 6. The number of benzene rings is 7. The summed E-state index contributed by atoms with van der Waals surface area (Å²) in [6.07, 6.45) is -16.3. The number of hydrogen-bond donors (Lipinski definition) is 20. The molecule has 0 saturated carbocycles. The highest BCUT2D eigenvalue weighted by Gasteiger charge is 2.52. The Morgan fingerprint density at radius 1 is 0.404 bits per heavy atom. The minimum atomic E-state index is -3.39. The maximum absolute atomic E-state index is 15.3. The number of aliphatic hydroxyl groups excluding tert-OH is 1. The van der Waals surface area contributed by atoms with Crippen LogP contribution in [0, 0.1) is 0 Å². The largest absolute Gasteiger partial charge is 0.504 e. The fourth-order valence-electron chi connectivity index (χ4n) is 10.3. The van der Waals surface area contributed by atoms with E-state index >= 15 is 14.4 Å². The van der Waals surface area contributed by atoms with E-state index in [1.165, 1.54) is 0 Å². The minimum Gasteiger partial charge on any atom is -0.504 e. The normalized spacial score (nSPS) is 17.3. The van der Waals surface area contributed by atoms with E-state index < -0.39 is 276 Å². The lowest BCUT2D eigenvalue weighted by atomic mass is 9.88. The summed E-state index contributed by atoms with van der Waals surface area (Å²) in [5.74, 6) is -38.7. The molecule has 2 aliphatic rings. The summed E-state index contributed by atoms with van der Waals surface area (Å²) in [5, 5.41) is 218. The van der Waals surface area contributed by atoms with E-state index in [4.69, 9.17) is 32.5 Å². The van der Waals surface area contributed by atoms with Gasteiger partial charge in [-0.05, 0) is 42.5 Å². The molecule has 0 radical (unpaired) electrons. The van der Waals surface area contributed by atoms with Crippen molar-refractivity contribution >= 4 is 62.6 Å².